The first kappa shape index (κ1) is 25.8. The average molecular weight is 462 g/mol. The van der Waals surface area contributed by atoms with Gasteiger partial charge in [-0.2, -0.15) is 0 Å². The molecule has 1 aliphatic heterocycles. The SMILES string of the molecule is CC(C)CC(NC(=O)OCC1CCC(F)(F)CC1)C(=O)NC(CC1CCNC1=O)C(=O)O. The molecule has 0 aromatic carbocycles. The van der Waals surface area contributed by atoms with Gasteiger partial charge in [-0.15, -0.1) is 0 Å². The van der Waals surface area contributed by atoms with Crippen LogP contribution < -0.4 is 16.0 Å². The molecule has 0 aromatic heterocycles. The molecule has 1 saturated carbocycles. The van der Waals surface area contributed by atoms with E-state index in [0.717, 1.165) is 0 Å². The highest BCUT2D eigenvalue weighted by Gasteiger charge is 2.36. The Labute approximate surface area is 186 Å². The minimum Gasteiger partial charge on any atom is -0.480 e. The lowest BCUT2D eigenvalue weighted by molar-refractivity contribution is -0.143. The van der Waals surface area contributed by atoms with E-state index in [1.165, 1.54) is 0 Å². The number of halogens is 2. The number of nitrogens with one attached hydrogen (secondary N) is 3. The van der Waals surface area contributed by atoms with Crippen LogP contribution in [0.15, 0.2) is 0 Å². The Morgan fingerprint density at radius 1 is 1.16 bits per heavy atom. The molecule has 3 amide bonds. The maximum Gasteiger partial charge on any atom is 0.407 e. The molecule has 0 bridgehead atoms. The van der Waals surface area contributed by atoms with Gasteiger partial charge in [0.05, 0.1) is 6.61 Å². The van der Waals surface area contributed by atoms with E-state index in [-0.39, 0.29) is 62.9 Å². The molecule has 9 nitrogen and oxygen atoms in total. The summed E-state index contributed by atoms with van der Waals surface area (Å²) in [5.41, 5.74) is 0. The van der Waals surface area contributed by atoms with Crippen molar-refractivity contribution < 1.29 is 37.8 Å². The van der Waals surface area contributed by atoms with Crippen molar-refractivity contribution in [1.29, 1.82) is 0 Å². The molecule has 2 fully saturated rings. The summed E-state index contributed by atoms with van der Waals surface area (Å²) in [7, 11) is 0. The first-order valence-corrected chi connectivity index (χ1v) is 11.1. The van der Waals surface area contributed by atoms with Crippen molar-refractivity contribution in [2.45, 2.75) is 76.8 Å². The summed E-state index contributed by atoms with van der Waals surface area (Å²) in [4.78, 5) is 48.3. The Morgan fingerprint density at radius 2 is 1.81 bits per heavy atom. The van der Waals surface area contributed by atoms with Gasteiger partial charge in [-0.1, -0.05) is 13.8 Å². The van der Waals surface area contributed by atoms with Crippen molar-refractivity contribution in [3.05, 3.63) is 0 Å². The van der Waals surface area contributed by atoms with Crippen molar-refractivity contribution in [3.63, 3.8) is 0 Å². The minimum absolute atomic E-state index is 0.00974. The molecule has 1 aliphatic carbocycles. The van der Waals surface area contributed by atoms with Crippen molar-refractivity contribution in [2.75, 3.05) is 13.2 Å². The fourth-order valence-corrected chi connectivity index (χ4v) is 4.00. The van der Waals surface area contributed by atoms with Gasteiger partial charge >= 0.3 is 12.1 Å². The molecule has 32 heavy (non-hydrogen) atoms. The van der Waals surface area contributed by atoms with Crippen LogP contribution in [0.1, 0.15) is 58.8 Å². The van der Waals surface area contributed by atoms with Gasteiger partial charge in [0, 0.05) is 25.3 Å². The first-order chi connectivity index (χ1) is 15.0. The van der Waals surface area contributed by atoms with Crippen LogP contribution in [0, 0.1) is 17.8 Å². The van der Waals surface area contributed by atoms with Gasteiger partial charge in [0.25, 0.3) is 0 Å². The molecule has 1 saturated heterocycles. The topological polar surface area (TPSA) is 134 Å². The molecule has 0 radical (unpaired) electrons. The van der Waals surface area contributed by atoms with Crippen LogP contribution in [0.25, 0.3) is 0 Å². The second-order valence-corrected chi connectivity index (χ2v) is 9.14. The Bertz CT molecular complexity index is 693. The summed E-state index contributed by atoms with van der Waals surface area (Å²) in [5, 5.41) is 17.0. The van der Waals surface area contributed by atoms with Crippen LogP contribution in [0.2, 0.25) is 0 Å². The Balaban J connectivity index is 1.89. The molecule has 3 unspecified atom stereocenters. The Morgan fingerprint density at radius 3 is 2.34 bits per heavy atom. The fourth-order valence-electron chi connectivity index (χ4n) is 4.00. The van der Waals surface area contributed by atoms with Gasteiger partial charge < -0.3 is 25.8 Å². The number of carboxylic acids is 1. The summed E-state index contributed by atoms with van der Waals surface area (Å²) >= 11 is 0. The third-order valence-electron chi connectivity index (χ3n) is 5.90. The van der Waals surface area contributed by atoms with Crippen LogP contribution in [0.3, 0.4) is 0 Å². The van der Waals surface area contributed by atoms with E-state index >= 15 is 0 Å². The van der Waals surface area contributed by atoms with Crippen molar-refractivity contribution in [3.8, 4) is 0 Å². The zero-order valence-corrected chi connectivity index (χ0v) is 18.5. The molecule has 2 rings (SSSR count). The summed E-state index contributed by atoms with van der Waals surface area (Å²) in [6.45, 7) is 4.12. The number of ether oxygens (including phenoxy) is 1. The Kier molecular flexibility index (Phi) is 9.21. The number of hydrogen-bond acceptors (Lipinski definition) is 5. The molecule has 4 N–H and O–H groups in total. The van der Waals surface area contributed by atoms with Crippen LogP contribution in [-0.4, -0.2) is 60.1 Å². The number of alkyl carbamates (subject to hydrolysis) is 1. The van der Waals surface area contributed by atoms with Gasteiger partial charge in [-0.3, -0.25) is 9.59 Å². The quantitative estimate of drug-likeness (QED) is 0.393. The third kappa shape index (κ3) is 8.23. The highest BCUT2D eigenvalue weighted by atomic mass is 19.3. The fraction of sp³-hybridized carbons (Fsp3) is 0.810. The molecule has 3 atom stereocenters. The number of carboxylic acid groups (broad SMARTS) is 1. The monoisotopic (exact) mass is 461 g/mol. The van der Waals surface area contributed by atoms with Gasteiger partial charge in [-0.25, -0.2) is 18.4 Å². The maximum atomic E-state index is 13.2. The van der Waals surface area contributed by atoms with Gasteiger partial charge in [0.1, 0.15) is 12.1 Å². The number of alkyl halides is 2. The zero-order chi connectivity index (χ0) is 23.9. The standard InChI is InChI=1S/C21H33F2N3O6/c1-12(2)9-15(26-20(31)32-11-13-3-6-21(22,23)7-4-13)18(28)25-16(19(29)30)10-14-5-8-24-17(14)27/h12-16H,3-11H2,1-2H3,(H,24,27)(H,25,28)(H,26,31)(H,29,30). The summed E-state index contributed by atoms with van der Waals surface area (Å²) < 4.78 is 31.6. The normalized spacial score (nSPS) is 22.7. The molecular formula is C21H33F2N3O6. The van der Waals surface area contributed by atoms with Crippen molar-refractivity contribution in [2.24, 2.45) is 17.8 Å². The number of carbonyl (C=O) groups is 4. The van der Waals surface area contributed by atoms with E-state index in [1.54, 1.807) is 0 Å². The summed E-state index contributed by atoms with van der Waals surface area (Å²) in [6, 6.07) is -2.30. The van der Waals surface area contributed by atoms with Gasteiger partial charge in [0.2, 0.25) is 17.7 Å². The maximum absolute atomic E-state index is 13.2. The molecule has 2 aliphatic rings. The molecule has 0 aromatic rings. The van der Waals surface area contributed by atoms with Crippen LogP contribution in [-0.2, 0) is 19.1 Å². The lowest BCUT2D eigenvalue weighted by Crippen LogP contribution is -2.52. The van der Waals surface area contributed by atoms with Gasteiger partial charge in [0.15, 0.2) is 0 Å². The van der Waals surface area contributed by atoms with Crippen molar-refractivity contribution >= 4 is 23.9 Å². The predicted octanol–water partition coefficient (Wildman–Crippen LogP) is 2.05. The number of aliphatic carboxylic acids is 1. The average Bonchev–Trinajstić information content (AvgIpc) is 3.10. The largest absolute Gasteiger partial charge is 0.480 e. The zero-order valence-electron chi connectivity index (χ0n) is 18.5. The van der Waals surface area contributed by atoms with E-state index in [1.807, 2.05) is 13.8 Å². The highest BCUT2D eigenvalue weighted by molar-refractivity contribution is 5.89. The Hall–Kier alpha value is -2.46. The molecule has 1 heterocycles. The van der Waals surface area contributed by atoms with Gasteiger partial charge in [-0.05, 0) is 43.9 Å². The van der Waals surface area contributed by atoms with Crippen LogP contribution >= 0.6 is 0 Å². The third-order valence-corrected chi connectivity index (χ3v) is 5.90. The predicted molar refractivity (Wildman–Crippen MR) is 110 cm³/mol. The smallest absolute Gasteiger partial charge is 0.407 e. The second kappa shape index (κ2) is 11.4. The van der Waals surface area contributed by atoms with Crippen LogP contribution in [0.5, 0.6) is 0 Å². The molecular weight excluding hydrogens is 428 g/mol. The van der Waals surface area contributed by atoms with E-state index in [9.17, 15) is 33.1 Å². The minimum atomic E-state index is -2.67. The number of carbonyl (C=O) groups excluding carboxylic acids is 3. The number of rotatable bonds is 10. The lowest BCUT2D eigenvalue weighted by Gasteiger charge is -2.28. The van der Waals surface area contributed by atoms with E-state index in [2.05, 4.69) is 16.0 Å². The van der Waals surface area contributed by atoms with E-state index in [0.29, 0.717) is 13.0 Å². The second-order valence-electron chi connectivity index (χ2n) is 9.14. The van der Waals surface area contributed by atoms with Crippen LogP contribution in [0.4, 0.5) is 13.6 Å². The lowest BCUT2D eigenvalue weighted by atomic mass is 9.87. The van der Waals surface area contributed by atoms with Crippen molar-refractivity contribution in [1.82, 2.24) is 16.0 Å². The molecule has 182 valence electrons. The molecule has 0 spiro atoms. The molecule has 11 heteroatoms. The number of amides is 3. The van der Waals surface area contributed by atoms with E-state index in [4.69, 9.17) is 4.74 Å². The number of hydrogen-bond donors (Lipinski definition) is 4. The first-order valence-electron chi connectivity index (χ1n) is 11.1. The summed E-state index contributed by atoms with van der Waals surface area (Å²) in [5.74, 6) is -5.51. The highest BCUT2D eigenvalue weighted by Crippen LogP contribution is 2.36. The summed E-state index contributed by atoms with van der Waals surface area (Å²) in [6.07, 6.45) is -0.134. The van der Waals surface area contributed by atoms with E-state index < -0.39 is 41.9 Å².